The van der Waals surface area contributed by atoms with E-state index in [0.29, 0.717) is 5.13 Å². The molecule has 0 bridgehead atoms. The number of anilines is 1. The normalized spacial score (nSPS) is 20.4. The van der Waals surface area contributed by atoms with Crippen molar-refractivity contribution in [2.24, 2.45) is 11.8 Å². The Kier molecular flexibility index (Phi) is 6.50. The van der Waals surface area contributed by atoms with Crippen LogP contribution in [0.25, 0.3) is 0 Å². The third-order valence-electron chi connectivity index (χ3n) is 5.04. The largest absolute Gasteiger partial charge is 0.483 e. The molecule has 1 N–H and O–H groups in total. The van der Waals surface area contributed by atoms with Gasteiger partial charge >= 0.3 is 0 Å². The van der Waals surface area contributed by atoms with Crippen LogP contribution in [0.1, 0.15) is 37.1 Å². The van der Waals surface area contributed by atoms with Crippen molar-refractivity contribution >= 4 is 22.4 Å². The Hall–Kier alpha value is -1.92. The number of benzene rings is 1. The summed E-state index contributed by atoms with van der Waals surface area (Å²) in [6.07, 6.45) is 1.30. The number of ether oxygens (including phenoxy) is 1. The minimum Gasteiger partial charge on any atom is -0.483 e. The first-order valence-corrected chi connectivity index (χ1v) is 10.4. The van der Waals surface area contributed by atoms with Crippen LogP contribution in [-0.4, -0.2) is 35.5 Å². The molecular formula is C21H29N3O2S. The predicted octanol–water partition coefficient (Wildman–Crippen LogP) is 4.26. The number of hydrogen-bond donors (Lipinski definition) is 1. The van der Waals surface area contributed by atoms with Gasteiger partial charge in [-0.2, -0.15) is 0 Å². The molecule has 3 rings (SSSR count). The van der Waals surface area contributed by atoms with Gasteiger partial charge in [-0.05, 0) is 49.3 Å². The van der Waals surface area contributed by atoms with Crippen LogP contribution in [0.5, 0.6) is 5.75 Å². The quantitative estimate of drug-likeness (QED) is 0.805. The smallest absolute Gasteiger partial charge is 0.264 e. The first-order chi connectivity index (χ1) is 12.9. The van der Waals surface area contributed by atoms with Crippen molar-refractivity contribution in [3.63, 3.8) is 0 Å². The zero-order chi connectivity index (χ0) is 19.4. The van der Waals surface area contributed by atoms with Crippen molar-refractivity contribution in [2.45, 2.75) is 40.7 Å². The molecule has 27 heavy (non-hydrogen) atoms. The number of carbonyl (C=O) groups excluding carboxylic acids is 1. The van der Waals surface area contributed by atoms with Crippen LogP contribution in [0.4, 0.5) is 5.13 Å². The zero-order valence-electron chi connectivity index (χ0n) is 16.6. The summed E-state index contributed by atoms with van der Waals surface area (Å²) in [4.78, 5) is 19.2. The second kappa shape index (κ2) is 8.85. The Balaban J connectivity index is 1.50. The molecular weight excluding hydrogens is 358 g/mol. The van der Waals surface area contributed by atoms with E-state index < -0.39 is 0 Å². The molecule has 6 heteroatoms. The molecule has 0 radical (unpaired) electrons. The topological polar surface area (TPSA) is 54.5 Å². The summed E-state index contributed by atoms with van der Waals surface area (Å²) in [5.74, 6) is 2.03. The van der Waals surface area contributed by atoms with E-state index in [9.17, 15) is 4.79 Å². The van der Waals surface area contributed by atoms with Crippen LogP contribution < -0.4 is 10.1 Å². The number of thiazole rings is 1. The maximum atomic E-state index is 12.2. The molecule has 5 nitrogen and oxygen atoms in total. The highest BCUT2D eigenvalue weighted by atomic mass is 32.1. The average Bonchev–Trinajstić information content (AvgIpc) is 3.02. The minimum atomic E-state index is -0.183. The lowest BCUT2D eigenvalue weighted by atomic mass is 9.92. The lowest BCUT2D eigenvalue weighted by Gasteiger charge is -2.34. The van der Waals surface area contributed by atoms with E-state index in [1.165, 1.54) is 17.8 Å². The molecule has 1 aromatic carbocycles. The van der Waals surface area contributed by atoms with Gasteiger partial charge in [-0.3, -0.25) is 15.0 Å². The van der Waals surface area contributed by atoms with Crippen LogP contribution in [0, 0.1) is 25.7 Å². The van der Waals surface area contributed by atoms with Crippen molar-refractivity contribution in [3.05, 3.63) is 40.4 Å². The summed E-state index contributed by atoms with van der Waals surface area (Å²) in [6.45, 7) is 11.7. The number of likely N-dealkylation sites (tertiary alicyclic amines) is 1. The fourth-order valence-corrected chi connectivity index (χ4v) is 4.48. The van der Waals surface area contributed by atoms with Gasteiger partial charge in [0.05, 0.1) is 5.69 Å². The summed E-state index contributed by atoms with van der Waals surface area (Å²) >= 11 is 1.47. The van der Waals surface area contributed by atoms with Gasteiger partial charge in [0.2, 0.25) is 0 Å². The average molecular weight is 388 g/mol. The summed E-state index contributed by atoms with van der Waals surface area (Å²) in [5.41, 5.74) is 3.23. The maximum Gasteiger partial charge on any atom is 0.264 e. The lowest BCUT2D eigenvalue weighted by Crippen LogP contribution is -2.38. The Morgan fingerprint density at radius 3 is 2.78 bits per heavy atom. The number of aryl methyl sites for hydroxylation is 1. The molecule has 0 spiro atoms. The predicted molar refractivity (Wildman–Crippen MR) is 110 cm³/mol. The first-order valence-electron chi connectivity index (χ1n) is 9.56. The molecule has 0 unspecified atom stereocenters. The van der Waals surface area contributed by atoms with Gasteiger partial charge in [-0.25, -0.2) is 4.98 Å². The van der Waals surface area contributed by atoms with E-state index in [-0.39, 0.29) is 12.5 Å². The van der Waals surface area contributed by atoms with Crippen LogP contribution in [0.2, 0.25) is 0 Å². The number of piperidine rings is 1. The molecule has 1 aromatic heterocycles. The molecule has 1 fully saturated rings. The SMILES string of the molecule is Cc1cccc(OCC(=O)Nc2nc(CN3C[C@H](C)C[C@@H](C)C3)cs2)c1C. The van der Waals surface area contributed by atoms with Gasteiger partial charge < -0.3 is 4.74 Å². The number of nitrogens with zero attached hydrogens (tertiary/aromatic N) is 2. The van der Waals surface area contributed by atoms with Crippen molar-refractivity contribution in [1.82, 2.24) is 9.88 Å². The molecule has 1 amide bonds. The highest BCUT2D eigenvalue weighted by Crippen LogP contribution is 2.24. The lowest BCUT2D eigenvalue weighted by molar-refractivity contribution is -0.118. The van der Waals surface area contributed by atoms with E-state index in [2.05, 4.69) is 29.0 Å². The number of nitrogens with one attached hydrogen (secondary N) is 1. The molecule has 0 saturated carbocycles. The van der Waals surface area contributed by atoms with Crippen molar-refractivity contribution in [3.8, 4) is 5.75 Å². The van der Waals surface area contributed by atoms with Crippen LogP contribution >= 0.6 is 11.3 Å². The molecule has 2 heterocycles. The van der Waals surface area contributed by atoms with Gasteiger partial charge in [-0.15, -0.1) is 11.3 Å². The Labute approximate surface area is 165 Å². The van der Waals surface area contributed by atoms with Gasteiger partial charge in [0, 0.05) is 25.0 Å². The Morgan fingerprint density at radius 2 is 2.04 bits per heavy atom. The fraction of sp³-hybridized carbons (Fsp3) is 0.524. The van der Waals surface area contributed by atoms with Gasteiger partial charge in [0.1, 0.15) is 5.75 Å². The molecule has 146 valence electrons. The first kappa shape index (κ1) is 19.8. The van der Waals surface area contributed by atoms with E-state index in [1.807, 2.05) is 37.4 Å². The van der Waals surface area contributed by atoms with Crippen molar-refractivity contribution in [2.75, 3.05) is 25.0 Å². The highest BCUT2D eigenvalue weighted by molar-refractivity contribution is 7.13. The third-order valence-corrected chi connectivity index (χ3v) is 5.85. The van der Waals surface area contributed by atoms with Gasteiger partial charge in [-0.1, -0.05) is 26.0 Å². The maximum absolute atomic E-state index is 12.2. The second-order valence-electron chi connectivity index (χ2n) is 7.82. The van der Waals surface area contributed by atoms with E-state index >= 15 is 0 Å². The second-order valence-corrected chi connectivity index (χ2v) is 8.68. The third kappa shape index (κ3) is 5.53. The van der Waals surface area contributed by atoms with Crippen molar-refractivity contribution < 1.29 is 9.53 Å². The van der Waals surface area contributed by atoms with Gasteiger partial charge in [0.15, 0.2) is 11.7 Å². The number of amides is 1. The van der Waals surface area contributed by atoms with Crippen LogP contribution in [0.15, 0.2) is 23.6 Å². The molecule has 0 aliphatic carbocycles. The molecule has 1 aliphatic rings. The van der Waals surface area contributed by atoms with Crippen molar-refractivity contribution in [1.29, 1.82) is 0 Å². The zero-order valence-corrected chi connectivity index (χ0v) is 17.4. The summed E-state index contributed by atoms with van der Waals surface area (Å²) < 4.78 is 5.66. The minimum absolute atomic E-state index is 0.0135. The Morgan fingerprint density at radius 1 is 1.30 bits per heavy atom. The number of rotatable bonds is 6. The van der Waals surface area contributed by atoms with Crippen LogP contribution in [-0.2, 0) is 11.3 Å². The number of carbonyl (C=O) groups is 1. The van der Waals surface area contributed by atoms with E-state index in [0.717, 1.165) is 54.0 Å². The standard InChI is InChI=1S/C21H29N3O2S/c1-14-8-15(2)10-24(9-14)11-18-13-27-21(22-18)23-20(25)12-26-19-7-5-6-16(3)17(19)4/h5-7,13-15H,8-12H2,1-4H3,(H,22,23,25)/t14-,15-/m1/s1. The molecule has 2 atom stereocenters. The number of hydrogen-bond acceptors (Lipinski definition) is 5. The van der Waals surface area contributed by atoms with E-state index in [4.69, 9.17) is 4.74 Å². The fourth-order valence-electron chi connectivity index (χ4n) is 3.77. The van der Waals surface area contributed by atoms with E-state index in [1.54, 1.807) is 0 Å². The van der Waals surface area contributed by atoms with Gasteiger partial charge in [0.25, 0.3) is 5.91 Å². The summed E-state index contributed by atoms with van der Waals surface area (Å²) in [7, 11) is 0. The molecule has 1 saturated heterocycles. The Bertz CT molecular complexity index is 779. The van der Waals surface area contributed by atoms with Crippen LogP contribution in [0.3, 0.4) is 0 Å². The highest BCUT2D eigenvalue weighted by Gasteiger charge is 2.22. The monoisotopic (exact) mass is 387 g/mol. The summed E-state index contributed by atoms with van der Waals surface area (Å²) in [5, 5.41) is 5.52. The number of aromatic nitrogens is 1. The molecule has 1 aliphatic heterocycles. The summed E-state index contributed by atoms with van der Waals surface area (Å²) in [6, 6.07) is 5.85. The molecule has 2 aromatic rings.